The Morgan fingerprint density at radius 1 is 1.35 bits per heavy atom. The van der Waals surface area contributed by atoms with Crippen LogP contribution >= 0.6 is 15.9 Å². The van der Waals surface area contributed by atoms with E-state index in [0.29, 0.717) is 6.04 Å². The zero-order chi connectivity index (χ0) is 12.3. The van der Waals surface area contributed by atoms with Gasteiger partial charge in [-0.15, -0.1) is 0 Å². The summed E-state index contributed by atoms with van der Waals surface area (Å²) in [6, 6.07) is 9.23. The molecular weight excluding hydrogens is 276 g/mol. The summed E-state index contributed by atoms with van der Waals surface area (Å²) in [7, 11) is 2.21. The first-order valence-electron chi connectivity index (χ1n) is 6.31. The number of halogens is 1. The van der Waals surface area contributed by atoms with Gasteiger partial charge in [0, 0.05) is 23.6 Å². The summed E-state index contributed by atoms with van der Waals surface area (Å²) in [5.41, 5.74) is 1.36. The highest BCUT2D eigenvalue weighted by Gasteiger charge is 2.23. The minimum atomic E-state index is 0.662. The van der Waals surface area contributed by atoms with Crippen molar-refractivity contribution in [2.45, 2.75) is 25.9 Å². The lowest BCUT2D eigenvalue weighted by molar-refractivity contribution is 0.174. The number of benzene rings is 1. The fourth-order valence-electron chi connectivity index (χ4n) is 2.51. The summed E-state index contributed by atoms with van der Waals surface area (Å²) < 4.78 is 1.15. The van der Waals surface area contributed by atoms with Gasteiger partial charge < -0.3 is 10.2 Å². The Bertz CT molecular complexity index is 350. The number of nitrogens with one attached hydrogen (secondary N) is 1. The van der Waals surface area contributed by atoms with Crippen molar-refractivity contribution in [3.05, 3.63) is 34.3 Å². The molecule has 2 rings (SSSR count). The molecule has 1 saturated heterocycles. The predicted molar refractivity (Wildman–Crippen MR) is 76.0 cm³/mol. The second-order valence-corrected chi connectivity index (χ2v) is 6.06. The van der Waals surface area contributed by atoms with Crippen molar-refractivity contribution in [3.8, 4) is 0 Å². The highest BCUT2D eigenvalue weighted by molar-refractivity contribution is 9.10. The van der Waals surface area contributed by atoms with Gasteiger partial charge in [-0.05, 0) is 43.6 Å². The third-order valence-corrected chi connectivity index (χ3v) is 4.12. The van der Waals surface area contributed by atoms with Gasteiger partial charge in [-0.1, -0.05) is 35.0 Å². The van der Waals surface area contributed by atoms with Crippen molar-refractivity contribution < 1.29 is 0 Å². The van der Waals surface area contributed by atoms with Gasteiger partial charge >= 0.3 is 0 Å². The van der Waals surface area contributed by atoms with Crippen LogP contribution in [0.3, 0.4) is 0 Å². The Labute approximate surface area is 113 Å². The minimum Gasteiger partial charge on any atom is -0.310 e. The summed E-state index contributed by atoms with van der Waals surface area (Å²) in [5, 5.41) is 3.69. The van der Waals surface area contributed by atoms with Gasteiger partial charge in [-0.2, -0.15) is 0 Å². The van der Waals surface area contributed by atoms with Crippen molar-refractivity contribution in [1.82, 2.24) is 10.2 Å². The number of nitrogens with zero attached hydrogens (tertiary/aromatic N) is 1. The normalized spacial score (nSPS) is 26.1. The van der Waals surface area contributed by atoms with Gasteiger partial charge in [0.25, 0.3) is 0 Å². The van der Waals surface area contributed by atoms with Crippen molar-refractivity contribution in [3.63, 3.8) is 0 Å². The van der Waals surface area contributed by atoms with Gasteiger partial charge in [0.2, 0.25) is 0 Å². The summed E-state index contributed by atoms with van der Waals surface area (Å²) >= 11 is 3.46. The van der Waals surface area contributed by atoms with Gasteiger partial charge in [-0.25, -0.2) is 0 Å². The average molecular weight is 297 g/mol. The summed E-state index contributed by atoms with van der Waals surface area (Å²) in [6.07, 6.45) is 1.26. The van der Waals surface area contributed by atoms with Crippen molar-refractivity contribution in [2.75, 3.05) is 20.1 Å². The van der Waals surface area contributed by atoms with Crippen LogP contribution in [0, 0.1) is 5.92 Å². The third-order valence-electron chi connectivity index (χ3n) is 3.59. The summed E-state index contributed by atoms with van der Waals surface area (Å²) in [4.78, 5) is 2.42. The number of likely N-dealkylation sites (tertiary alicyclic amines) is 1. The first-order chi connectivity index (χ1) is 8.15. The molecule has 1 N–H and O–H groups in total. The molecule has 1 aromatic rings. The molecule has 1 aliphatic rings. The van der Waals surface area contributed by atoms with E-state index in [4.69, 9.17) is 0 Å². The van der Waals surface area contributed by atoms with Crippen molar-refractivity contribution >= 4 is 15.9 Å². The van der Waals surface area contributed by atoms with Crippen LogP contribution in [0.1, 0.15) is 18.9 Å². The maximum Gasteiger partial charge on any atom is 0.0208 e. The van der Waals surface area contributed by atoms with Crippen LogP contribution < -0.4 is 5.32 Å². The molecule has 1 aliphatic heterocycles. The van der Waals surface area contributed by atoms with Crippen LogP contribution in [-0.4, -0.2) is 31.1 Å². The van der Waals surface area contributed by atoms with Crippen molar-refractivity contribution in [2.24, 2.45) is 5.92 Å². The van der Waals surface area contributed by atoms with E-state index in [1.54, 1.807) is 0 Å². The Kier molecular flexibility index (Phi) is 4.60. The molecule has 0 spiro atoms. The van der Waals surface area contributed by atoms with Gasteiger partial charge in [-0.3, -0.25) is 0 Å². The number of hydrogen-bond acceptors (Lipinski definition) is 2. The van der Waals surface area contributed by atoms with E-state index in [-0.39, 0.29) is 0 Å². The first kappa shape index (κ1) is 13.1. The van der Waals surface area contributed by atoms with Crippen LogP contribution in [0.5, 0.6) is 0 Å². The van der Waals surface area contributed by atoms with E-state index < -0.39 is 0 Å². The zero-order valence-corrected chi connectivity index (χ0v) is 12.2. The third kappa shape index (κ3) is 3.80. The molecular formula is C14H21BrN2. The largest absolute Gasteiger partial charge is 0.310 e. The van der Waals surface area contributed by atoms with Gasteiger partial charge in [0.1, 0.15) is 0 Å². The smallest absolute Gasteiger partial charge is 0.0208 e. The Morgan fingerprint density at radius 3 is 2.71 bits per heavy atom. The SMILES string of the molecule is CC1CN(C)CCC1NCc1ccc(Br)cc1. The summed E-state index contributed by atoms with van der Waals surface area (Å²) in [6.45, 7) is 5.74. The zero-order valence-electron chi connectivity index (χ0n) is 10.6. The van der Waals surface area contributed by atoms with Crippen LogP contribution in [0.15, 0.2) is 28.7 Å². The lowest BCUT2D eigenvalue weighted by Gasteiger charge is -2.35. The van der Waals surface area contributed by atoms with E-state index in [2.05, 4.69) is 64.4 Å². The molecule has 1 heterocycles. The molecule has 0 aliphatic carbocycles. The molecule has 1 aromatic carbocycles. The topological polar surface area (TPSA) is 15.3 Å². The molecule has 0 radical (unpaired) electrons. The van der Waals surface area contributed by atoms with E-state index in [1.165, 1.54) is 25.1 Å². The predicted octanol–water partition coefficient (Wildman–Crippen LogP) is 2.88. The van der Waals surface area contributed by atoms with Crippen LogP contribution in [-0.2, 0) is 6.54 Å². The van der Waals surface area contributed by atoms with Crippen LogP contribution in [0.4, 0.5) is 0 Å². The molecule has 1 fully saturated rings. The Balaban J connectivity index is 1.83. The van der Waals surface area contributed by atoms with E-state index in [9.17, 15) is 0 Å². The quantitative estimate of drug-likeness (QED) is 0.923. The molecule has 0 aromatic heterocycles. The van der Waals surface area contributed by atoms with Gasteiger partial charge in [0.15, 0.2) is 0 Å². The van der Waals surface area contributed by atoms with E-state index in [1.807, 2.05) is 0 Å². The number of piperidine rings is 1. The standard InChI is InChI=1S/C14H21BrN2/c1-11-10-17(2)8-7-14(11)16-9-12-3-5-13(15)6-4-12/h3-6,11,14,16H,7-10H2,1-2H3. The minimum absolute atomic E-state index is 0.662. The second kappa shape index (κ2) is 5.98. The second-order valence-electron chi connectivity index (χ2n) is 5.14. The van der Waals surface area contributed by atoms with Crippen molar-refractivity contribution in [1.29, 1.82) is 0 Å². The van der Waals surface area contributed by atoms with Crippen LogP contribution in [0.2, 0.25) is 0 Å². The van der Waals surface area contributed by atoms with Gasteiger partial charge in [0.05, 0.1) is 0 Å². The highest BCUT2D eigenvalue weighted by Crippen LogP contribution is 2.16. The number of hydrogen-bond donors (Lipinski definition) is 1. The Hall–Kier alpha value is -0.380. The molecule has 2 atom stereocenters. The molecule has 0 bridgehead atoms. The molecule has 17 heavy (non-hydrogen) atoms. The monoisotopic (exact) mass is 296 g/mol. The molecule has 94 valence electrons. The molecule has 0 amide bonds. The lowest BCUT2D eigenvalue weighted by atomic mass is 9.94. The Morgan fingerprint density at radius 2 is 2.06 bits per heavy atom. The molecule has 3 heteroatoms. The van der Waals surface area contributed by atoms with E-state index >= 15 is 0 Å². The molecule has 2 nitrogen and oxygen atoms in total. The highest BCUT2D eigenvalue weighted by atomic mass is 79.9. The maximum absolute atomic E-state index is 3.69. The maximum atomic E-state index is 3.69. The van der Waals surface area contributed by atoms with E-state index in [0.717, 1.165) is 16.9 Å². The summed E-state index contributed by atoms with van der Waals surface area (Å²) in [5.74, 6) is 0.740. The number of rotatable bonds is 3. The van der Waals surface area contributed by atoms with Crippen LogP contribution in [0.25, 0.3) is 0 Å². The first-order valence-corrected chi connectivity index (χ1v) is 7.11. The fraction of sp³-hybridized carbons (Fsp3) is 0.571. The average Bonchev–Trinajstić information content (AvgIpc) is 2.30. The molecule has 0 saturated carbocycles. The fourth-order valence-corrected chi connectivity index (χ4v) is 2.77. The lowest BCUT2D eigenvalue weighted by Crippen LogP contribution is -2.46. The molecule has 2 unspecified atom stereocenters.